The van der Waals surface area contributed by atoms with Gasteiger partial charge in [0.2, 0.25) is 0 Å². The topological polar surface area (TPSA) is 60.2 Å². The van der Waals surface area contributed by atoms with Crippen LogP contribution in [0.15, 0.2) is 54.6 Å². The van der Waals surface area contributed by atoms with E-state index in [2.05, 4.69) is 0 Å². The summed E-state index contributed by atoms with van der Waals surface area (Å²) in [6.45, 7) is 0.672. The lowest BCUT2D eigenvalue weighted by molar-refractivity contribution is -0.119. The summed E-state index contributed by atoms with van der Waals surface area (Å²) in [5.41, 5.74) is 8.31. The number of rotatable bonds is 10. The number of Topliss-reactive ketones (excluding diaryl/α,β-unsaturated/α-hetero) is 2. The van der Waals surface area contributed by atoms with Crippen LogP contribution in [0.5, 0.6) is 0 Å². The minimum absolute atomic E-state index is 0.0323. The molecule has 0 unspecified atom stereocenters. The Morgan fingerprint density at radius 1 is 0.708 bits per heavy atom. The fourth-order valence-corrected chi connectivity index (χ4v) is 2.64. The van der Waals surface area contributed by atoms with Crippen molar-refractivity contribution in [1.82, 2.24) is 0 Å². The number of unbranched alkanes of at least 4 members (excludes halogenated alkanes) is 2. The van der Waals surface area contributed by atoms with Crippen LogP contribution in [-0.2, 0) is 4.79 Å². The summed E-state index contributed by atoms with van der Waals surface area (Å²) in [7, 11) is 0. The third-order valence-corrected chi connectivity index (χ3v) is 4.10. The van der Waals surface area contributed by atoms with E-state index < -0.39 is 0 Å². The molecule has 0 spiro atoms. The van der Waals surface area contributed by atoms with Gasteiger partial charge in [0.1, 0.15) is 5.78 Å². The first-order valence-electron chi connectivity index (χ1n) is 8.61. The van der Waals surface area contributed by atoms with Crippen molar-refractivity contribution in [2.45, 2.75) is 38.5 Å². The van der Waals surface area contributed by atoms with Crippen LogP contribution in [0.4, 0.5) is 0 Å². The van der Waals surface area contributed by atoms with Crippen LogP contribution in [0, 0.1) is 0 Å². The Morgan fingerprint density at radius 2 is 1.38 bits per heavy atom. The Balaban J connectivity index is 1.81. The highest BCUT2D eigenvalue weighted by Crippen LogP contribution is 2.20. The molecule has 2 aromatic rings. The third-order valence-electron chi connectivity index (χ3n) is 4.10. The first-order valence-corrected chi connectivity index (χ1v) is 8.61. The van der Waals surface area contributed by atoms with Gasteiger partial charge in [0, 0.05) is 24.8 Å². The van der Waals surface area contributed by atoms with Crippen LogP contribution in [0.25, 0.3) is 11.1 Å². The highest BCUT2D eigenvalue weighted by Gasteiger charge is 2.09. The molecule has 0 heterocycles. The van der Waals surface area contributed by atoms with Crippen LogP contribution >= 0.6 is 0 Å². The van der Waals surface area contributed by atoms with Crippen LogP contribution in [0.2, 0.25) is 0 Å². The number of hydrogen-bond donors (Lipinski definition) is 1. The summed E-state index contributed by atoms with van der Waals surface area (Å²) in [6.07, 6.45) is 4.00. The maximum Gasteiger partial charge on any atom is 0.163 e. The van der Waals surface area contributed by atoms with E-state index in [1.165, 1.54) is 0 Å². The maximum atomic E-state index is 12.2. The minimum atomic E-state index is 0.0323. The Morgan fingerprint density at radius 3 is 2.04 bits per heavy atom. The SMILES string of the molecule is NCCCCCC(=O)CCC(=O)c1ccc(-c2ccccc2)cc1. The van der Waals surface area contributed by atoms with Gasteiger partial charge in [-0.3, -0.25) is 9.59 Å². The summed E-state index contributed by atoms with van der Waals surface area (Å²) < 4.78 is 0. The van der Waals surface area contributed by atoms with Crippen LogP contribution < -0.4 is 5.73 Å². The summed E-state index contributed by atoms with van der Waals surface area (Å²) in [6, 6.07) is 17.6. The van der Waals surface area contributed by atoms with Gasteiger partial charge in [0.15, 0.2) is 5.78 Å². The molecule has 2 N–H and O–H groups in total. The number of ketones is 2. The lowest BCUT2D eigenvalue weighted by Gasteiger charge is -2.04. The fraction of sp³-hybridized carbons (Fsp3) is 0.333. The zero-order valence-corrected chi connectivity index (χ0v) is 14.0. The van der Waals surface area contributed by atoms with Crippen molar-refractivity contribution < 1.29 is 9.59 Å². The number of nitrogens with two attached hydrogens (primary N) is 1. The van der Waals surface area contributed by atoms with Gasteiger partial charge in [0.25, 0.3) is 0 Å². The van der Waals surface area contributed by atoms with E-state index in [1.54, 1.807) is 0 Å². The van der Waals surface area contributed by atoms with E-state index in [0.29, 0.717) is 31.4 Å². The second kappa shape index (κ2) is 9.78. The van der Waals surface area contributed by atoms with Crippen molar-refractivity contribution in [2.75, 3.05) is 6.54 Å². The summed E-state index contributed by atoms with van der Waals surface area (Å²) in [5, 5.41) is 0. The van der Waals surface area contributed by atoms with Crippen molar-refractivity contribution in [2.24, 2.45) is 5.73 Å². The van der Waals surface area contributed by atoms with Gasteiger partial charge >= 0.3 is 0 Å². The standard InChI is InChI=1S/C21H25NO2/c22-16-6-2-5-9-20(23)14-15-21(24)19-12-10-18(11-13-19)17-7-3-1-4-8-17/h1,3-4,7-8,10-13H,2,5-6,9,14-16,22H2. The molecule has 2 rings (SSSR count). The molecule has 0 aliphatic rings. The normalized spacial score (nSPS) is 10.5. The maximum absolute atomic E-state index is 12.2. The first kappa shape index (κ1) is 18.1. The van der Waals surface area contributed by atoms with Gasteiger partial charge in [-0.05, 0) is 30.5 Å². The van der Waals surface area contributed by atoms with Crippen molar-refractivity contribution in [3.8, 4) is 11.1 Å². The lowest BCUT2D eigenvalue weighted by atomic mass is 9.99. The molecule has 0 atom stereocenters. The van der Waals surface area contributed by atoms with E-state index in [-0.39, 0.29) is 11.6 Å². The predicted molar refractivity (Wildman–Crippen MR) is 98.0 cm³/mol. The zero-order chi connectivity index (χ0) is 17.2. The molecule has 24 heavy (non-hydrogen) atoms. The average Bonchev–Trinajstić information content (AvgIpc) is 2.64. The van der Waals surface area contributed by atoms with Gasteiger partial charge in [-0.2, -0.15) is 0 Å². The molecule has 0 saturated heterocycles. The second-order valence-electron chi connectivity index (χ2n) is 6.00. The molecule has 3 heteroatoms. The summed E-state index contributed by atoms with van der Waals surface area (Å²) in [4.78, 5) is 24.0. The number of carbonyl (C=O) groups excluding carboxylic acids is 2. The van der Waals surface area contributed by atoms with Crippen LogP contribution in [-0.4, -0.2) is 18.1 Å². The van der Waals surface area contributed by atoms with Crippen molar-refractivity contribution in [3.05, 3.63) is 60.2 Å². The van der Waals surface area contributed by atoms with Crippen LogP contribution in [0.3, 0.4) is 0 Å². The lowest BCUT2D eigenvalue weighted by Crippen LogP contribution is -2.05. The number of hydrogen-bond acceptors (Lipinski definition) is 3. The van der Waals surface area contributed by atoms with E-state index in [1.807, 2.05) is 54.6 Å². The highest BCUT2D eigenvalue weighted by atomic mass is 16.1. The molecular weight excluding hydrogens is 298 g/mol. The molecule has 0 aliphatic heterocycles. The molecule has 0 radical (unpaired) electrons. The Hall–Kier alpha value is -2.26. The highest BCUT2D eigenvalue weighted by molar-refractivity contribution is 5.98. The molecule has 2 aromatic carbocycles. The van der Waals surface area contributed by atoms with Crippen molar-refractivity contribution in [3.63, 3.8) is 0 Å². The van der Waals surface area contributed by atoms with E-state index >= 15 is 0 Å². The molecule has 0 fully saturated rings. The van der Waals surface area contributed by atoms with Crippen molar-refractivity contribution in [1.29, 1.82) is 0 Å². The van der Waals surface area contributed by atoms with E-state index in [0.717, 1.165) is 30.4 Å². The minimum Gasteiger partial charge on any atom is -0.330 e. The summed E-state index contributed by atoms with van der Waals surface area (Å²) >= 11 is 0. The number of carbonyl (C=O) groups is 2. The van der Waals surface area contributed by atoms with E-state index in [4.69, 9.17) is 5.73 Å². The largest absolute Gasteiger partial charge is 0.330 e. The molecule has 3 nitrogen and oxygen atoms in total. The average molecular weight is 323 g/mol. The first-order chi connectivity index (χ1) is 11.7. The van der Waals surface area contributed by atoms with Gasteiger partial charge < -0.3 is 5.73 Å². The molecular formula is C21H25NO2. The fourth-order valence-electron chi connectivity index (χ4n) is 2.64. The molecule has 0 amide bonds. The van der Waals surface area contributed by atoms with Gasteiger partial charge in [-0.25, -0.2) is 0 Å². The van der Waals surface area contributed by atoms with Gasteiger partial charge in [0.05, 0.1) is 0 Å². The Labute approximate surface area is 143 Å². The smallest absolute Gasteiger partial charge is 0.163 e. The molecule has 0 saturated carbocycles. The quantitative estimate of drug-likeness (QED) is 0.520. The Kier molecular flexibility index (Phi) is 7.37. The predicted octanol–water partition coefficient (Wildman–Crippen LogP) is 4.40. The molecule has 0 aliphatic carbocycles. The molecule has 126 valence electrons. The molecule has 0 aromatic heterocycles. The van der Waals surface area contributed by atoms with E-state index in [9.17, 15) is 9.59 Å². The Bertz CT molecular complexity index is 647. The van der Waals surface area contributed by atoms with Gasteiger partial charge in [-0.1, -0.05) is 61.0 Å². The third kappa shape index (κ3) is 5.74. The van der Waals surface area contributed by atoms with Crippen molar-refractivity contribution >= 4 is 11.6 Å². The summed E-state index contributed by atoms with van der Waals surface area (Å²) in [5.74, 6) is 0.200. The van der Waals surface area contributed by atoms with Gasteiger partial charge in [-0.15, -0.1) is 0 Å². The monoisotopic (exact) mass is 323 g/mol. The number of benzene rings is 2. The second-order valence-corrected chi connectivity index (χ2v) is 6.00. The molecule has 0 bridgehead atoms. The van der Waals surface area contributed by atoms with Crippen LogP contribution in [0.1, 0.15) is 48.9 Å². The zero-order valence-electron chi connectivity index (χ0n) is 14.0.